The molecule has 1 N–H and O–H groups in total. The van der Waals surface area contributed by atoms with Gasteiger partial charge in [-0.1, -0.05) is 36.8 Å². The third-order valence-corrected chi connectivity index (χ3v) is 3.35. The topological polar surface area (TPSA) is 78.9 Å². The van der Waals surface area contributed by atoms with Crippen molar-refractivity contribution >= 4 is 5.91 Å². The van der Waals surface area contributed by atoms with Crippen LogP contribution in [0.2, 0.25) is 0 Å². The molecule has 0 saturated heterocycles. The molecule has 22 heavy (non-hydrogen) atoms. The van der Waals surface area contributed by atoms with Gasteiger partial charge in [-0.15, -0.1) is 0 Å². The number of oxazole rings is 1. The van der Waals surface area contributed by atoms with Crippen molar-refractivity contribution in [2.24, 2.45) is 0 Å². The number of hydrogen-bond donors (Lipinski definition) is 1. The molecule has 0 spiro atoms. The maximum atomic E-state index is 11.7. The molecule has 1 amide bonds. The smallest absolute Gasteiger partial charge is 0.221 e. The second-order valence-corrected chi connectivity index (χ2v) is 5.14. The highest BCUT2D eigenvalue weighted by Gasteiger charge is 2.11. The molecule has 1 heterocycles. The van der Waals surface area contributed by atoms with Crippen LogP contribution in [0.4, 0.5) is 0 Å². The van der Waals surface area contributed by atoms with Crippen LogP contribution in [-0.2, 0) is 11.2 Å². The van der Waals surface area contributed by atoms with Gasteiger partial charge in [-0.3, -0.25) is 4.79 Å². The van der Waals surface area contributed by atoms with Crippen LogP contribution in [0.5, 0.6) is 0 Å². The van der Waals surface area contributed by atoms with E-state index in [9.17, 15) is 4.79 Å². The highest BCUT2D eigenvalue weighted by atomic mass is 16.4. The lowest BCUT2D eigenvalue weighted by molar-refractivity contribution is -0.121. The zero-order valence-corrected chi connectivity index (χ0v) is 12.8. The number of nitrogens with one attached hydrogen (secondary N) is 1. The largest absolute Gasteiger partial charge is 0.441 e. The lowest BCUT2D eigenvalue weighted by atomic mass is 10.1. The summed E-state index contributed by atoms with van der Waals surface area (Å²) in [7, 11) is 0. The number of carbonyl (C=O) groups excluding carboxylic acids is 1. The quantitative estimate of drug-likeness (QED) is 0.889. The molecule has 0 bridgehead atoms. The highest BCUT2D eigenvalue weighted by Crippen LogP contribution is 2.21. The Morgan fingerprint density at radius 2 is 2.14 bits per heavy atom. The number of rotatable bonds is 6. The van der Waals surface area contributed by atoms with Crippen LogP contribution in [0.25, 0.3) is 11.3 Å². The van der Waals surface area contributed by atoms with E-state index in [1.165, 1.54) is 5.56 Å². The van der Waals surface area contributed by atoms with Crippen molar-refractivity contribution in [1.82, 2.24) is 10.3 Å². The predicted molar refractivity (Wildman–Crippen MR) is 82.8 cm³/mol. The Labute approximate surface area is 130 Å². The molecule has 0 saturated carbocycles. The van der Waals surface area contributed by atoms with E-state index in [1.54, 1.807) is 6.20 Å². The number of nitrogens with zero attached hydrogens (tertiary/aromatic N) is 2. The molecule has 5 nitrogen and oxygen atoms in total. The summed E-state index contributed by atoms with van der Waals surface area (Å²) in [6.45, 7) is 3.88. The van der Waals surface area contributed by atoms with Gasteiger partial charge >= 0.3 is 0 Å². The maximum Gasteiger partial charge on any atom is 0.221 e. The van der Waals surface area contributed by atoms with Gasteiger partial charge in [0.15, 0.2) is 11.7 Å². The predicted octanol–water partition coefficient (Wildman–Crippen LogP) is 3.00. The molecule has 1 atom stereocenters. The number of amides is 1. The number of aromatic nitrogens is 1. The molecular formula is C17H19N3O2. The van der Waals surface area contributed by atoms with E-state index in [0.29, 0.717) is 24.5 Å². The van der Waals surface area contributed by atoms with Gasteiger partial charge in [0, 0.05) is 18.4 Å². The fourth-order valence-electron chi connectivity index (χ4n) is 1.99. The van der Waals surface area contributed by atoms with Gasteiger partial charge in [0.05, 0.1) is 12.3 Å². The van der Waals surface area contributed by atoms with Crippen LogP contribution < -0.4 is 5.32 Å². The van der Waals surface area contributed by atoms with Crippen molar-refractivity contribution in [3.05, 3.63) is 41.9 Å². The summed E-state index contributed by atoms with van der Waals surface area (Å²) in [6, 6.07) is 9.59. The van der Waals surface area contributed by atoms with Crippen LogP contribution in [0.3, 0.4) is 0 Å². The van der Waals surface area contributed by atoms with Crippen LogP contribution in [0, 0.1) is 18.3 Å². The normalized spacial score (nSPS) is 11.7. The molecule has 0 radical (unpaired) electrons. The minimum Gasteiger partial charge on any atom is -0.441 e. The summed E-state index contributed by atoms with van der Waals surface area (Å²) in [4.78, 5) is 15.9. The second kappa shape index (κ2) is 7.41. The molecule has 0 aliphatic carbocycles. The standard InChI is InChI=1S/C17H19N3O2/c1-3-14(10-18)20-16(21)8-9-17-19-11-15(22-17)13-6-4-12(2)5-7-13/h4-7,11,14H,3,8-9H2,1-2H3,(H,20,21)/t14-/m1/s1. The van der Waals surface area contributed by atoms with Crippen molar-refractivity contribution in [2.45, 2.75) is 39.2 Å². The van der Waals surface area contributed by atoms with Crippen molar-refractivity contribution < 1.29 is 9.21 Å². The molecule has 5 heteroatoms. The minimum absolute atomic E-state index is 0.163. The third-order valence-electron chi connectivity index (χ3n) is 3.35. The first-order valence-corrected chi connectivity index (χ1v) is 7.33. The van der Waals surface area contributed by atoms with E-state index < -0.39 is 6.04 Å². The van der Waals surface area contributed by atoms with Crippen LogP contribution in [-0.4, -0.2) is 16.9 Å². The van der Waals surface area contributed by atoms with Crippen LogP contribution >= 0.6 is 0 Å². The monoisotopic (exact) mass is 297 g/mol. The van der Waals surface area contributed by atoms with Gasteiger partial charge in [-0.25, -0.2) is 4.98 Å². The van der Waals surface area contributed by atoms with Gasteiger partial charge < -0.3 is 9.73 Å². The Bertz CT molecular complexity index is 668. The van der Waals surface area contributed by atoms with Crippen LogP contribution in [0.1, 0.15) is 31.2 Å². The molecule has 0 unspecified atom stereocenters. The molecule has 0 aliphatic heterocycles. The zero-order valence-electron chi connectivity index (χ0n) is 12.8. The first-order valence-electron chi connectivity index (χ1n) is 7.33. The Balaban J connectivity index is 1.91. The maximum absolute atomic E-state index is 11.7. The Morgan fingerprint density at radius 1 is 1.41 bits per heavy atom. The molecule has 2 rings (SSSR count). The average molecular weight is 297 g/mol. The van der Waals surface area contributed by atoms with Gasteiger partial charge in [0.1, 0.15) is 6.04 Å². The van der Waals surface area contributed by atoms with Crippen molar-refractivity contribution in [3.8, 4) is 17.4 Å². The molecule has 1 aromatic carbocycles. The Kier molecular flexibility index (Phi) is 5.31. The SMILES string of the molecule is CC[C@H](C#N)NC(=O)CCc1ncc(-c2ccc(C)cc2)o1. The molecule has 0 fully saturated rings. The summed E-state index contributed by atoms with van der Waals surface area (Å²) < 4.78 is 5.66. The molecule has 1 aromatic heterocycles. The van der Waals surface area contributed by atoms with Crippen LogP contribution in [0.15, 0.2) is 34.9 Å². The third kappa shape index (κ3) is 4.19. The van der Waals surface area contributed by atoms with E-state index in [2.05, 4.69) is 10.3 Å². The Morgan fingerprint density at radius 3 is 2.77 bits per heavy atom. The first kappa shape index (κ1) is 15.8. The van der Waals surface area contributed by atoms with Gasteiger partial charge in [-0.05, 0) is 13.3 Å². The highest BCUT2D eigenvalue weighted by molar-refractivity contribution is 5.76. The molecule has 114 valence electrons. The van der Waals surface area contributed by atoms with E-state index in [-0.39, 0.29) is 12.3 Å². The first-order chi connectivity index (χ1) is 10.6. The van der Waals surface area contributed by atoms with Crippen molar-refractivity contribution in [2.75, 3.05) is 0 Å². The number of aryl methyl sites for hydroxylation is 2. The van der Waals surface area contributed by atoms with E-state index in [1.807, 2.05) is 44.2 Å². The number of nitriles is 1. The zero-order chi connectivity index (χ0) is 15.9. The summed E-state index contributed by atoms with van der Waals surface area (Å²) in [5.41, 5.74) is 2.15. The average Bonchev–Trinajstić information content (AvgIpc) is 3.00. The fraction of sp³-hybridized carbons (Fsp3) is 0.353. The number of hydrogen-bond acceptors (Lipinski definition) is 4. The van der Waals surface area contributed by atoms with Gasteiger partial charge in [0.25, 0.3) is 0 Å². The number of benzene rings is 1. The summed E-state index contributed by atoms with van der Waals surface area (Å²) in [6.07, 6.45) is 2.94. The van der Waals surface area contributed by atoms with E-state index in [0.717, 1.165) is 5.56 Å². The summed E-state index contributed by atoms with van der Waals surface area (Å²) in [5, 5.41) is 11.5. The van der Waals surface area contributed by atoms with Crippen molar-refractivity contribution in [1.29, 1.82) is 5.26 Å². The molecule has 2 aromatic rings. The Hall–Kier alpha value is -2.61. The number of carbonyl (C=O) groups is 1. The minimum atomic E-state index is -0.430. The lowest BCUT2D eigenvalue weighted by Gasteiger charge is -2.07. The van der Waals surface area contributed by atoms with Gasteiger partial charge in [0.2, 0.25) is 5.91 Å². The fourth-order valence-corrected chi connectivity index (χ4v) is 1.99. The molecule has 0 aliphatic rings. The molecular weight excluding hydrogens is 278 g/mol. The van der Waals surface area contributed by atoms with E-state index in [4.69, 9.17) is 9.68 Å². The van der Waals surface area contributed by atoms with Crippen molar-refractivity contribution in [3.63, 3.8) is 0 Å². The lowest BCUT2D eigenvalue weighted by Crippen LogP contribution is -2.33. The second-order valence-electron chi connectivity index (χ2n) is 5.14. The van der Waals surface area contributed by atoms with E-state index >= 15 is 0 Å². The summed E-state index contributed by atoms with van der Waals surface area (Å²) in [5.74, 6) is 1.05. The summed E-state index contributed by atoms with van der Waals surface area (Å²) >= 11 is 0. The van der Waals surface area contributed by atoms with Gasteiger partial charge in [-0.2, -0.15) is 5.26 Å².